The van der Waals surface area contributed by atoms with Crippen LogP contribution in [0.1, 0.15) is 32.8 Å². The van der Waals surface area contributed by atoms with Crippen molar-refractivity contribution in [3.63, 3.8) is 0 Å². The number of piperidine rings is 1. The lowest BCUT2D eigenvalue weighted by molar-refractivity contribution is -0.0987. The zero-order valence-electron chi connectivity index (χ0n) is 20.8. The summed E-state index contributed by atoms with van der Waals surface area (Å²) in [5.74, 6) is 0.795. The smallest absolute Gasteiger partial charge is 0.410 e. The van der Waals surface area contributed by atoms with E-state index < -0.39 is 17.8 Å². The second-order valence-corrected chi connectivity index (χ2v) is 9.64. The highest BCUT2D eigenvalue weighted by molar-refractivity contribution is 5.89. The van der Waals surface area contributed by atoms with Crippen LogP contribution in [0.3, 0.4) is 0 Å². The first-order valence-corrected chi connectivity index (χ1v) is 11.6. The predicted molar refractivity (Wildman–Crippen MR) is 129 cm³/mol. The Morgan fingerprint density at radius 3 is 2.47 bits per heavy atom. The zero-order chi connectivity index (χ0) is 24.7. The molecule has 8 nitrogen and oxygen atoms in total. The number of aliphatic hydroxyl groups is 1. The van der Waals surface area contributed by atoms with Gasteiger partial charge in [0, 0.05) is 18.9 Å². The molecule has 0 aliphatic carbocycles. The van der Waals surface area contributed by atoms with Gasteiger partial charge in [0.1, 0.15) is 17.5 Å². The van der Waals surface area contributed by atoms with Crippen molar-refractivity contribution in [3.05, 3.63) is 42.0 Å². The minimum atomic E-state index is -0.730. The van der Waals surface area contributed by atoms with Gasteiger partial charge < -0.3 is 33.7 Å². The number of carbonyl (C=O) groups excluding carboxylic acids is 1. The summed E-state index contributed by atoms with van der Waals surface area (Å²) in [6.45, 7) is 6.97. The SMILES string of the molecule is COC[C@@H](O)COC1CC(OCc2cc(OC)c3ccccc3c2)CN(C(=O)OC(C)(C)C)C1. The fourth-order valence-corrected chi connectivity index (χ4v) is 4.01. The average Bonchev–Trinajstić information content (AvgIpc) is 2.80. The number of hydrogen-bond donors (Lipinski definition) is 1. The molecule has 34 heavy (non-hydrogen) atoms. The minimum absolute atomic E-state index is 0.120. The highest BCUT2D eigenvalue weighted by atomic mass is 16.6. The average molecular weight is 476 g/mol. The predicted octanol–water partition coefficient (Wildman–Crippen LogP) is 3.77. The van der Waals surface area contributed by atoms with E-state index in [-0.39, 0.29) is 25.4 Å². The van der Waals surface area contributed by atoms with Crippen LogP contribution in [-0.2, 0) is 25.6 Å². The maximum atomic E-state index is 12.8. The van der Waals surface area contributed by atoms with Gasteiger partial charge in [0.05, 0.1) is 52.2 Å². The Bertz CT molecular complexity index is 942. The third kappa shape index (κ3) is 7.56. The maximum Gasteiger partial charge on any atom is 0.410 e. The van der Waals surface area contributed by atoms with Crippen LogP contribution in [0.15, 0.2) is 36.4 Å². The summed E-state index contributed by atoms with van der Waals surface area (Å²) in [6, 6.07) is 12.1. The molecule has 3 rings (SSSR count). The first-order valence-electron chi connectivity index (χ1n) is 11.6. The first-order chi connectivity index (χ1) is 16.2. The number of fused-ring (bicyclic) bond motifs is 1. The Kier molecular flexibility index (Phi) is 9.13. The summed E-state index contributed by atoms with van der Waals surface area (Å²) in [7, 11) is 3.19. The fraction of sp³-hybridized carbons (Fsp3) is 0.577. The highest BCUT2D eigenvalue weighted by Crippen LogP contribution is 2.28. The van der Waals surface area contributed by atoms with E-state index in [0.717, 1.165) is 22.1 Å². The van der Waals surface area contributed by atoms with Crippen molar-refractivity contribution in [2.75, 3.05) is 40.5 Å². The standard InChI is InChI=1S/C26H37NO7/c1-26(2,3)34-25(29)27-13-21(12-22(14-27)33-17-20(28)16-30-4)32-15-18-10-19-8-6-7-9-23(19)24(11-18)31-5/h6-11,20-22,28H,12-17H2,1-5H3/t20-,21?,22?/m1/s1. The van der Waals surface area contributed by atoms with Crippen molar-refractivity contribution in [2.24, 2.45) is 0 Å². The van der Waals surface area contributed by atoms with E-state index in [1.807, 2.05) is 51.1 Å². The largest absolute Gasteiger partial charge is 0.496 e. The van der Waals surface area contributed by atoms with Gasteiger partial charge >= 0.3 is 6.09 Å². The lowest BCUT2D eigenvalue weighted by Gasteiger charge is -2.38. The number of aliphatic hydroxyl groups excluding tert-OH is 1. The van der Waals surface area contributed by atoms with Gasteiger partial charge in [-0.05, 0) is 43.9 Å². The fourth-order valence-electron chi connectivity index (χ4n) is 4.01. The van der Waals surface area contributed by atoms with Gasteiger partial charge in [-0.25, -0.2) is 4.79 Å². The number of carbonyl (C=O) groups is 1. The van der Waals surface area contributed by atoms with Crippen LogP contribution in [0.25, 0.3) is 10.8 Å². The van der Waals surface area contributed by atoms with Gasteiger partial charge in [0.25, 0.3) is 0 Å². The Labute approximate surface area is 201 Å². The molecule has 2 aromatic carbocycles. The molecule has 2 unspecified atom stereocenters. The number of amides is 1. The highest BCUT2D eigenvalue weighted by Gasteiger charge is 2.34. The van der Waals surface area contributed by atoms with Crippen LogP contribution >= 0.6 is 0 Å². The molecule has 2 aromatic rings. The second kappa shape index (κ2) is 11.8. The van der Waals surface area contributed by atoms with Crippen LogP contribution < -0.4 is 4.74 Å². The number of nitrogens with zero attached hydrogens (tertiary/aromatic N) is 1. The summed E-state index contributed by atoms with van der Waals surface area (Å²) in [6.07, 6.45) is -1.07. The molecule has 188 valence electrons. The third-order valence-electron chi connectivity index (χ3n) is 5.50. The van der Waals surface area contributed by atoms with Crippen molar-refractivity contribution in [3.8, 4) is 5.75 Å². The quantitative estimate of drug-likeness (QED) is 0.591. The van der Waals surface area contributed by atoms with Gasteiger partial charge in [0.15, 0.2) is 0 Å². The number of benzene rings is 2. The number of ether oxygens (including phenoxy) is 5. The first kappa shape index (κ1) is 26.2. The van der Waals surface area contributed by atoms with Gasteiger partial charge in [-0.15, -0.1) is 0 Å². The van der Waals surface area contributed by atoms with E-state index >= 15 is 0 Å². The molecule has 0 radical (unpaired) electrons. The molecule has 1 amide bonds. The van der Waals surface area contributed by atoms with Crippen molar-refractivity contribution in [2.45, 2.75) is 57.7 Å². The number of methoxy groups -OCH3 is 2. The van der Waals surface area contributed by atoms with Crippen molar-refractivity contribution in [1.82, 2.24) is 4.90 Å². The van der Waals surface area contributed by atoms with Crippen LogP contribution in [-0.4, -0.2) is 80.5 Å². The van der Waals surface area contributed by atoms with Crippen molar-refractivity contribution in [1.29, 1.82) is 0 Å². The molecule has 3 atom stereocenters. The molecule has 0 aromatic heterocycles. The van der Waals surface area contributed by atoms with Gasteiger partial charge in [-0.3, -0.25) is 0 Å². The summed E-state index contributed by atoms with van der Waals surface area (Å²) in [5, 5.41) is 12.1. The molecular formula is C26H37NO7. The molecule has 1 heterocycles. The molecule has 1 aliphatic heterocycles. The summed E-state index contributed by atoms with van der Waals surface area (Å²) < 4.78 is 28.2. The van der Waals surface area contributed by atoms with E-state index in [2.05, 4.69) is 6.07 Å². The topological polar surface area (TPSA) is 86.7 Å². The molecule has 0 saturated carbocycles. The molecule has 0 bridgehead atoms. The number of rotatable bonds is 9. The molecule has 1 fully saturated rings. The number of hydrogen-bond acceptors (Lipinski definition) is 7. The zero-order valence-corrected chi connectivity index (χ0v) is 20.8. The summed E-state index contributed by atoms with van der Waals surface area (Å²) in [4.78, 5) is 14.4. The van der Waals surface area contributed by atoms with Crippen LogP contribution in [0.4, 0.5) is 4.79 Å². The Hall–Kier alpha value is -2.39. The molecule has 1 N–H and O–H groups in total. The monoisotopic (exact) mass is 475 g/mol. The van der Waals surface area contributed by atoms with E-state index in [0.29, 0.717) is 26.1 Å². The Morgan fingerprint density at radius 1 is 1.09 bits per heavy atom. The molecule has 1 aliphatic rings. The van der Waals surface area contributed by atoms with Gasteiger partial charge in [-0.2, -0.15) is 0 Å². The van der Waals surface area contributed by atoms with Crippen molar-refractivity contribution >= 4 is 16.9 Å². The van der Waals surface area contributed by atoms with Crippen LogP contribution in [0.5, 0.6) is 5.75 Å². The Morgan fingerprint density at radius 2 is 1.79 bits per heavy atom. The maximum absolute atomic E-state index is 12.8. The van der Waals surface area contributed by atoms with Gasteiger partial charge in [0.2, 0.25) is 0 Å². The van der Waals surface area contributed by atoms with Gasteiger partial charge in [-0.1, -0.05) is 24.3 Å². The summed E-state index contributed by atoms with van der Waals surface area (Å²) in [5.41, 5.74) is 0.385. The molecule has 1 saturated heterocycles. The molecule has 8 heteroatoms. The summed E-state index contributed by atoms with van der Waals surface area (Å²) >= 11 is 0. The van der Waals surface area contributed by atoms with Crippen molar-refractivity contribution < 1.29 is 33.6 Å². The lowest BCUT2D eigenvalue weighted by atomic mass is 10.0. The molecular weight excluding hydrogens is 438 g/mol. The van der Waals surface area contributed by atoms with E-state index in [4.69, 9.17) is 23.7 Å². The van der Waals surface area contributed by atoms with Crippen LogP contribution in [0, 0.1) is 0 Å². The third-order valence-corrected chi connectivity index (χ3v) is 5.50. The Balaban J connectivity index is 1.69. The number of likely N-dealkylation sites (tertiary alicyclic amines) is 1. The van der Waals surface area contributed by atoms with Crippen LogP contribution in [0.2, 0.25) is 0 Å². The van der Waals surface area contributed by atoms with E-state index in [1.165, 1.54) is 7.11 Å². The normalized spacial score (nSPS) is 19.8. The second-order valence-electron chi connectivity index (χ2n) is 9.64. The van der Waals surface area contributed by atoms with E-state index in [9.17, 15) is 9.90 Å². The molecule has 0 spiro atoms. The lowest BCUT2D eigenvalue weighted by Crippen LogP contribution is -2.51. The minimum Gasteiger partial charge on any atom is -0.496 e. The van der Waals surface area contributed by atoms with E-state index in [1.54, 1.807) is 12.0 Å².